The van der Waals surface area contributed by atoms with E-state index in [1.165, 1.54) is 11.9 Å². The minimum atomic E-state index is -2.56. The number of hydrogen-bond acceptors (Lipinski definition) is 2. The monoisotopic (exact) mass is 190 g/mol. The zero-order chi connectivity index (χ0) is 9.64. The number of hydrazine groups is 1. The van der Waals surface area contributed by atoms with Crippen LogP contribution in [0.2, 0.25) is 0 Å². The molecule has 0 aliphatic carbocycles. The van der Waals surface area contributed by atoms with Crippen LogP contribution in [0.15, 0.2) is 0 Å². The van der Waals surface area contributed by atoms with Crippen LogP contribution < -0.4 is 0 Å². The molecule has 2 rings (SSSR count). The first-order chi connectivity index (χ1) is 6.05. The summed E-state index contributed by atoms with van der Waals surface area (Å²) in [4.78, 5) is 11.6. The first-order valence-electron chi connectivity index (χ1n) is 4.41. The molecule has 0 radical (unpaired) electrons. The first-order valence-corrected chi connectivity index (χ1v) is 4.41. The van der Waals surface area contributed by atoms with Crippen LogP contribution >= 0.6 is 0 Å². The summed E-state index contributed by atoms with van der Waals surface area (Å²) in [6.45, 7) is 2.84. The number of alkyl halides is 2. The Morgan fingerprint density at radius 1 is 1.46 bits per heavy atom. The Morgan fingerprint density at radius 2 is 2.15 bits per heavy atom. The van der Waals surface area contributed by atoms with Crippen molar-refractivity contribution in [1.29, 1.82) is 0 Å². The molecule has 0 aromatic carbocycles. The maximum Gasteiger partial charge on any atom is 0.254 e. The maximum atomic E-state index is 12.6. The Labute approximate surface area is 75.3 Å². The number of carbonyl (C=O) groups excluding carboxylic acids is 1. The summed E-state index contributed by atoms with van der Waals surface area (Å²) in [5.74, 6) is -0.417. The highest BCUT2D eigenvalue weighted by atomic mass is 19.3. The Bertz CT molecular complexity index is 246. The number of amides is 1. The zero-order valence-corrected chi connectivity index (χ0v) is 7.46. The van der Waals surface area contributed by atoms with Crippen molar-refractivity contribution in [2.75, 3.05) is 19.6 Å². The molecule has 2 saturated heterocycles. The summed E-state index contributed by atoms with van der Waals surface area (Å²) < 4.78 is 25.2. The highest BCUT2D eigenvalue weighted by molar-refractivity contribution is 5.84. The fourth-order valence-electron chi connectivity index (χ4n) is 1.96. The highest BCUT2D eigenvalue weighted by Crippen LogP contribution is 2.37. The van der Waals surface area contributed by atoms with Crippen molar-refractivity contribution in [2.24, 2.45) is 5.41 Å². The smallest absolute Gasteiger partial charge is 0.254 e. The van der Waals surface area contributed by atoms with Gasteiger partial charge in [0.25, 0.3) is 6.43 Å². The molecule has 1 amide bonds. The van der Waals surface area contributed by atoms with E-state index in [-0.39, 0.29) is 6.54 Å². The molecule has 0 unspecified atom stereocenters. The molecular weight excluding hydrogens is 178 g/mol. The van der Waals surface area contributed by atoms with Gasteiger partial charge in [-0.2, -0.15) is 0 Å². The lowest BCUT2D eigenvalue weighted by atomic mass is 9.91. The quantitative estimate of drug-likeness (QED) is 0.608. The van der Waals surface area contributed by atoms with Crippen molar-refractivity contribution in [3.63, 3.8) is 0 Å². The third-order valence-electron chi connectivity index (χ3n) is 2.84. The molecule has 0 N–H and O–H groups in total. The van der Waals surface area contributed by atoms with Crippen LogP contribution in [-0.2, 0) is 4.79 Å². The lowest BCUT2D eigenvalue weighted by Gasteiger charge is -2.19. The van der Waals surface area contributed by atoms with E-state index in [1.807, 2.05) is 0 Å². The standard InChI is InChI=1S/C8H12F2N2O/c1-8(6(9)10)5-11-3-2-4-12(11)7(8)13/h6H,2-5H2,1H3/t8-/m0/s1. The Morgan fingerprint density at radius 3 is 2.69 bits per heavy atom. The van der Waals surface area contributed by atoms with E-state index < -0.39 is 17.7 Å². The molecule has 74 valence electrons. The molecule has 13 heavy (non-hydrogen) atoms. The van der Waals surface area contributed by atoms with E-state index in [0.29, 0.717) is 6.54 Å². The van der Waals surface area contributed by atoms with Crippen molar-refractivity contribution in [3.05, 3.63) is 0 Å². The predicted molar refractivity (Wildman–Crippen MR) is 42.0 cm³/mol. The average molecular weight is 190 g/mol. The Hall–Kier alpha value is -0.710. The molecular formula is C8H12F2N2O. The first kappa shape index (κ1) is 8.87. The van der Waals surface area contributed by atoms with Gasteiger partial charge in [0.05, 0.1) is 0 Å². The van der Waals surface area contributed by atoms with Crippen molar-refractivity contribution >= 4 is 5.91 Å². The molecule has 5 heteroatoms. The van der Waals surface area contributed by atoms with Gasteiger partial charge in [0.2, 0.25) is 5.91 Å². The molecule has 0 aromatic rings. The summed E-state index contributed by atoms with van der Waals surface area (Å²) in [5, 5.41) is 3.20. The van der Waals surface area contributed by atoms with Crippen LogP contribution in [0.1, 0.15) is 13.3 Å². The van der Waals surface area contributed by atoms with E-state index in [4.69, 9.17) is 0 Å². The average Bonchev–Trinajstić information content (AvgIpc) is 2.57. The number of carbonyl (C=O) groups is 1. The minimum absolute atomic E-state index is 0.170. The zero-order valence-electron chi connectivity index (χ0n) is 7.46. The molecule has 2 aliphatic heterocycles. The normalized spacial score (nSPS) is 34.8. The van der Waals surface area contributed by atoms with E-state index in [0.717, 1.165) is 13.0 Å². The third-order valence-corrected chi connectivity index (χ3v) is 2.84. The minimum Gasteiger partial charge on any atom is -0.275 e. The molecule has 2 fully saturated rings. The molecule has 0 aromatic heterocycles. The van der Waals surface area contributed by atoms with Crippen molar-refractivity contribution in [2.45, 2.75) is 19.8 Å². The van der Waals surface area contributed by atoms with Gasteiger partial charge in [-0.25, -0.2) is 13.8 Å². The predicted octanol–water partition coefficient (Wildman–Crippen LogP) is 0.721. The van der Waals surface area contributed by atoms with Crippen molar-refractivity contribution < 1.29 is 13.6 Å². The van der Waals surface area contributed by atoms with E-state index >= 15 is 0 Å². The molecule has 0 spiro atoms. The SMILES string of the molecule is C[C@@]1(C(F)F)CN2CCCN2C1=O. The van der Waals surface area contributed by atoms with Gasteiger partial charge in [-0.1, -0.05) is 0 Å². The van der Waals surface area contributed by atoms with E-state index in [9.17, 15) is 13.6 Å². The Balaban J connectivity index is 2.23. The second kappa shape index (κ2) is 2.64. The van der Waals surface area contributed by atoms with Gasteiger partial charge < -0.3 is 0 Å². The highest BCUT2D eigenvalue weighted by Gasteiger charge is 2.54. The van der Waals surface area contributed by atoms with Gasteiger partial charge in [0.1, 0.15) is 5.41 Å². The van der Waals surface area contributed by atoms with Crippen LogP contribution in [0.25, 0.3) is 0 Å². The summed E-state index contributed by atoms with van der Waals surface area (Å²) >= 11 is 0. The fourth-order valence-corrected chi connectivity index (χ4v) is 1.96. The molecule has 3 nitrogen and oxygen atoms in total. The second-order valence-electron chi connectivity index (χ2n) is 3.89. The number of fused-ring (bicyclic) bond motifs is 1. The van der Waals surface area contributed by atoms with Gasteiger partial charge in [-0.3, -0.25) is 9.80 Å². The molecule has 0 bridgehead atoms. The topological polar surface area (TPSA) is 23.6 Å². The Kier molecular flexibility index (Phi) is 1.80. The van der Waals surface area contributed by atoms with Gasteiger partial charge >= 0.3 is 0 Å². The summed E-state index contributed by atoms with van der Waals surface area (Å²) in [5.41, 5.74) is -1.47. The molecule has 0 saturated carbocycles. The van der Waals surface area contributed by atoms with Crippen LogP contribution in [-0.4, -0.2) is 42.0 Å². The molecule has 2 heterocycles. The van der Waals surface area contributed by atoms with Crippen molar-refractivity contribution in [1.82, 2.24) is 10.0 Å². The number of nitrogens with zero attached hydrogens (tertiary/aromatic N) is 2. The maximum absolute atomic E-state index is 12.6. The van der Waals surface area contributed by atoms with Crippen molar-refractivity contribution in [3.8, 4) is 0 Å². The van der Waals surface area contributed by atoms with E-state index in [1.54, 1.807) is 5.01 Å². The van der Waals surface area contributed by atoms with Gasteiger partial charge in [0.15, 0.2) is 0 Å². The summed E-state index contributed by atoms with van der Waals surface area (Å²) in [7, 11) is 0. The van der Waals surface area contributed by atoms with Crippen LogP contribution in [0.3, 0.4) is 0 Å². The van der Waals surface area contributed by atoms with Crippen LogP contribution in [0, 0.1) is 5.41 Å². The van der Waals surface area contributed by atoms with Gasteiger partial charge in [-0.05, 0) is 13.3 Å². The van der Waals surface area contributed by atoms with Crippen LogP contribution in [0.5, 0.6) is 0 Å². The summed E-state index contributed by atoms with van der Waals surface area (Å²) in [6.07, 6.45) is -1.67. The summed E-state index contributed by atoms with van der Waals surface area (Å²) in [6, 6.07) is 0. The lowest BCUT2D eigenvalue weighted by molar-refractivity contribution is -0.144. The lowest BCUT2D eigenvalue weighted by Crippen LogP contribution is -2.38. The molecule has 2 aliphatic rings. The number of rotatable bonds is 1. The molecule has 1 atom stereocenters. The second-order valence-corrected chi connectivity index (χ2v) is 3.89. The number of hydrogen-bond donors (Lipinski definition) is 0. The largest absolute Gasteiger partial charge is 0.275 e. The third kappa shape index (κ3) is 1.06. The van der Waals surface area contributed by atoms with Gasteiger partial charge in [-0.15, -0.1) is 0 Å². The van der Waals surface area contributed by atoms with E-state index in [2.05, 4.69) is 0 Å². The van der Waals surface area contributed by atoms with Crippen LogP contribution in [0.4, 0.5) is 8.78 Å². The number of halogens is 2. The fraction of sp³-hybridized carbons (Fsp3) is 0.875. The van der Waals surface area contributed by atoms with Gasteiger partial charge in [0, 0.05) is 19.6 Å².